The van der Waals surface area contributed by atoms with Crippen LogP contribution >= 0.6 is 22.7 Å². The summed E-state index contributed by atoms with van der Waals surface area (Å²) < 4.78 is 29.0. The van der Waals surface area contributed by atoms with Gasteiger partial charge in [0.1, 0.15) is 0 Å². The van der Waals surface area contributed by atoms with Gasteiger partial charge in [-0.3, -0.25) is 9.20 Å². The maximum atomic E-state index is 13.2. The normalized spacial score (nSPS) is 11.7. The number of aromatic nitrogens is 3. The lowest BCUT2D eigenvalue weighted by Crippen LogP contribution is -2.31. The number of anilines is 1. The predicted molar refractivity (Wildman–Crippen MR) is 106 cm³/mol. The molecule has 7 nitrogen and oxygen atoms in total. The van der Waals surface area contributed by atoms with Gasteiger partial charge in [0.05, 0.1) is 17.1 Å². The Morgan fingerprint density at radius 1 is 1.19 bits per heavy atom. The summed E-state index contributed by atoms with van der Waals surface area (Å²) in [6, 6.07) is 9.51. The van der Waals surface area contributed by atoms with Crippen molar-refractivity contribution >= 4 is 42.8 Å². The average molecular weight is 419 g/mol. The molecule has 138 valence electrons. The largest absolute Gasteiger partial charge is 0.269 e. The number of rotatable bonds is 5. The summed E-state index contributed by atoms with van der Waals surface area (Å²) in [6.07, 6.45) is 1.54. The van der Waals surface area contributed by atoms with E-state index < -0.39 is 10.0 Å². The second kappa shape index (κ2) is 6.87. The molecule has 0 unspecified atom stereocenters. The summed E-state index contributed by atoms with van der Waals surface area (Å²) in [5.41, 5.74) is 0.939. The highest BCUT2D eigenvalue weighted by atomic mass is 32.2. The van der Waals surface area contributed by atoms with E-state index in [0.29, 0.717) is 15.8 Å². The molecular weight excluding hydrogens is 404 g/mol. The molecule has 0 aliphatic carbocycles. The van der Waals surface area contributed by atoms with Gasteiger partial charge < -0.3 is 0 Å². The van der Waals surface area contributed by atoms with Crippen molar-refractivity contribution in [3.8, 4) is 0 Å². The van der Waals surface area contributed by atoms with Crippen molar-refractivity contribution in [1.82, 2.24) is 14.4 Å². The van der Waals surface area contributed by atoms with Gasteiger partial charge in [-0.2, -0.15) is 0 Å². The fourth-order valence-electron chi connectivity index (χ4n) is 2.64. The molecule has 0 amide bonds. The Kier molecular flexibility index (Phi) is 4.54. The molecule has 0 N–H and O–H groups in total. The summed E-state index contributed by atoms with van der Waals surface area (Å²) in [4.78, 5) is 21.7. The van der Waals surface area contributed by atoms with Crippen LogP contribution in [0.25, 0.3) is 4.96 Å². The lowest BCUT2D eigenvalue weighted by atomic mass is 10.4. The molecule has 3 heterocycles. The van der Waals surface area contributed by atoms with Crippen molar-refractivity contribution in [3.63, 3.8) is 0 Å². The summed E-state index contributed by atoms with van der Waals surface area (Å²) in [6.45, 7) is 1.75. The minimum absolute atomic E-state index is 0.0760. The van der Waals surface area contributed by atoms with Crippen molar-refractivity contribution in [2.24, 2.45) is 0 Å². The summed E-state index contributed by atoms with van der Waals surface area (Å²) in [5, 5.41) is 3.87. The van der Waals surface area contributed by atoms with Crippen LogP contribution in [0.3, 0.4) is 0 Å². The maximum absolute atomic E-state index is 13.2. The van der Waals surface area contributed by atoms with Gasteiger partial charge >= 0.3 is 0 Å². The first-order valence-corrected chi connectivity index (χ1v) is 11.1. The third-order valence-corrected chi connectivity index (χ3v) is 7.50. The van der Waals surface area contributed by atoms with Gasteiger partial charge in [0.25, 0.3) is 15.6 Å². The highest BCUT2D eigenvalue weighted by Crippen LogP contribution is 2.27. The van der Waals surface area contributed by atoms with E-state index in [4.69, 9.17) is 0 Å². The van der Waals surface area contributed by atoms with Crippen molar-refractivity contribution in [3.05, 3.63) is 75.1 Å². The Morgan fingerprint density at radius 3 is 2.67 bits per heavy atom. The van der Waals surface area contributed by atoms with E-state index in [-0.39, 0.29) is 17.0 Å². The SMILES string of the molecule is Cc1csc2nc(CN(c3nccs3)S(=O)(=O)c3ccccc3)cc(=O)n12. The minimum Gasteiger partial charge on any atom is -0.269 e. The lowest BCUT2D eigenvalue weighted by molar-refractivity contribution is 0.589. The number of hydrogen-bond donors (Lipinski definition) is 0. The number of fused-ring (bicyclic) bond motifs is 1. The summed E-state index contributed by atoms with van der Waals surface area (Å²) in [5.74, 6) is 0. The molecule has 3 aromatic heterocycles. The third-order valence-electron chi connectivity index (χ3n) is 3.90. The molecule has 0 bridgehead atoms. The number of thiazole rings is 2. The molecule has 0 atom stereocenters. The maximum Gasteiger partial charge on any atom is 0.266 e. The van der Waals surface area contributed by atoms with E-state index in [1.54, 1.807) is 29.8 Å². The van der Waals surface area contributed by atoms with E-state index in [9.17, 15) is 13.2 Å². The van der Waals surface area contributed by atoms with Crippen LogP contribution in [-0.2, 0) is 16.6 Å². The van der Waals surface area contributed by atoms with E-state index >= 15 is 0 Å². The van der Waals surface area contributed by atoms with Gasteiger partial charge in [-0.1, -0.05) is 18.2 Å². The first-order valence-electron chi connectivity index (χ1n) is 7.91. The zero-order valence-electron chi connectivity index (χ0n) is 14.1. The van der Waals surface area contributed by atoms with Crippen molar-refractivity contribution in [1.29, 1.82) is 0 Å². The number of aryl methyl sites for hydroxylation is 1. The molecule has 4 rings (SSSR count). The molecular formula is C17H14N4O3S3. The van der Waals surface area contributed by atoms with Crippen molar-refractivity contribution in [2.45, 2.75) is 18.4 Å². The standard InChI is InChI=1S/C17H14N4O3S3/c1-12-11-26-17-19-13(9-15(22)21(12)17)10-20(16-18-7-8-25-16)27(23,24)14-5-3-2-4-6-14/h2-9,11H,10H2,1H3. The fraction of sp³-hybridized carbons (Fsp3) is 0.118. The van der Waals surface area contributed by atoms with Gasteiger partial charge in [-0.25, -0.2) is 22.7 Å². The minimum atomic E-state index is -3.85. The summed E-state index contributed by atoms with van der Waals surface area (Å²) in [7, 11) is -3.85. The van der Waals surface area contributed by atoms with Crippen LogP contribution in [0.15, 0.2) is 63.0 Å². The van der Waals surface area contributed by atoms with Gasteiger partial charge in [0, 0.05) is 28.7 Å². The zero-order chi connectivity index (χ0) is 19.0. The van der Waals surface area contributed by atoms with Crippen LogP contribution in [0.5, 0.6) is 0 Å². The van der Waals surface area contributed by atoms with Crippen molar-refractivity contribution < 1.29 is 8.42 Å². The van der Waals surface area contributed by atoms with Crippen LogP contribution in [0.1, 0.15) is 11.4 Å². The fourth-order valence-corrected chi connectivity index (χ4v) is 5.82. The Hall–Kier alpha value is -2.56. The second-order valence-electron chi connectivity index (χ2n) is 5.72. The molecule has 0 spiro atoms. The number of hydrogen-bond acceptors (Lipinski definition) is 7. The quantitative estimate of drug-likeness (QED) is 0.498. The Labute approximate surface area is 163 Å². The van der Waals surface area contributed by atoms with Crippen LogP contribution in [0.2, 0.25) is 0 Å². The highest BCUT2D eigenvalue weighted by molar-refractivity contribution is 7.93. The highest BCUT2D eigenvalue weighted by Gasteiger charge is 2.27. The smallest absolute Gasteiger partial charge is 0.266 e. The zero-order valence-corrected chi connectivity index (χ0v) is 16.6. The van der Waals surface area contributed by atoms with Gasteiger partial charge in [0.15, 0.2) is 10.1 Å². The van der Waals surface area contributed by atoms with Gasteiger partial charge in [-0.05, 0) is 19.1 Å². The topological polar surface area (TPSA) is 84.6 Å². The Bertz CT molecular complexity index is 1250. The van der Waals surface area contributed by atoms with Crippen LogP contribution < -0.4 is 9.86 Å². The number of sulfonamides is 1. The molecule has 0 fully saturated rings. The Balaban J connectivity index is 1.81. The van der Waals surface area contributed by atoms with E-state index in [1.165, 1.54) is 49.6 Å². The molecule has 27 heavy (non-hydrogen) atoms. The van der Waals surface area contributed by atoms with Crippen LogP contribution in [0.4, 0.5) is 5.13 Å². The average Bonchev–Trinajstić information content (AvgIpc) is 3.30. The van der Waals surface area contributed by atoms with Gasteiger partial charge in [0.2, 0.25) is 0 Å². The van der Waals surface area contributed by atoms with Gasteiger partial charge in [-0.15, -0.1) is 22.7 Å². The molecule has 0 aliphatic heterocycles. The Morgan fingerprint density at radius 2 is 1.96 bits per heavy atom. The monoisotopic (exact) mass is 418 g/mol. The molecule has 0 saturated carbocycles. The van der Waals surface area contributed by atoms with Crippen LogP contribution in [-0.4, -0.2) is 22.8 Å². The van der Waals surface area contributed by atoms with Crippen LogP contribution in [0, 0.1) is 6.92 Å². The first kappa shape index (κ1) is 17.8. The lowest BCUT2D eigenvalue weighted by Gasteiger charge is -2.21. The number of nitrogens with zero attached hydrogens (tertiary/aromatic N) is 4. The molecule has 0 radical (unpaired) electrons. The van der Waals surface area contributed by atoms with E-state index in [1.807, 2.05) is 12.3 Å². The summed E-state index contributed by atoms with van der Waals surface area (Å²) >= 11 is 2.55. The van der Waals surface area contributed by atoms with E-state index in [0.717, 1.165) is 5.69 Å². The molecule has 1 aromatic carbocycles. The third kappa shape index (κ3) is 3.27. The molecule has 10 heteroatoms. The second-order valence-corrected chi connectivity index (χ2v) is 9.29. The molecule has 0 saturated heterocycles. The molecule has 4 aromatic rings. The first-order chi connectivity index (χ1) is 13.0. The number of benzene rings is 1. The van der Waals surface area contributed by atoms with Crippen molar-refractivity contribution in [2.75, 3.05) is 4.31 Å². The molecule has 0 aliphatic rings. The van der Waals surface area contributed by atoms with E-state index in [2.05, 4.69) is 9.97 Å². The predicted octanol–water partition coefficient (Wildman–Crippen LogP) is 2.92.